The van der Waals surface area contributed by atoms with Gasteiger partial charge in [0.05, 0.1) is 6.33 Å². The first-order valence-electron chi connectivity index (χ1n) is 8.90. The number of aryl methyl sites for hydroxylation is 3. The number of hydrogen-bond donors (Lipinski definition) is 0. The monoisotopic (exact) mass is 384 g/mol. The van der Waals surface area contributed by atoms with Gasteiger partial charge in [0.2, 0.25) is 0 Å². The predicted molar refractivity (Wildman–Crippen MR) is 112 cm³/mol. The van der Waals surface area contributed by atoms with Gasteiger partial charge >= 0.3 is 0 Å². The van der Waals surface area contributed by atoms with Crippen molar-refractivity contribution in [3.8, 4) is 0 Å². The molecular weight excluding hydrogens is 360 g/mol. The summed E-state index contributed by atoms with van der Waals surface area (Å²) < 4.78 is 2.25. The van der Waals surface area contributed by atoms with Crippen molar-refractivity contribution in [1.29, 1.82) is 0 Å². The van der Waals surface area contributed by atoms with Gasteiger partial charge in [-0.1, -0.05) is 41.4 Å². The van der Waals surface area contributed by atoms with Crippen molar-refractivity contribution in [2.75, 3.05) is 0 Å². The van der Waals surface area contributed by atoms with Crippen LogP contribution >= 0.6 is 23.4 Å². The molecule has 0 saturated carbocycles. The standard InChI is InChI=1S/C22H25ClN2S/c1-17-4-5-18(2)21(14-17)26-22(3,15-25-13-12-24-16-25)11-10-19-6-8-20(23)9-7-19/h4-9,12-14,16H,10-11,15H2,1-3H3. The van der Waals surface area contributed by atoms with E-state index in [0.29, 0.717) is 0 Å². The Bertz CT molecular complexity index is 843. The number of imidazole rings is 1. The molecule has 0 radical (unpaired) electrons. The van der Waals surface area contributed by atoms with Crippen LogP contribution in [-0.4, -0.2) is 14.3 Å². The molecule has 0 aliphatic rings. The van der Waals surface area contributed by atoms with Crippen LogP contribution in [-0.2, 0) is 13.0 Å². The second-order valence-electron chi connectivity index (χ2n) is 7.18. The number of benzene rings is 2. The molecule has 1 unspecified atom stereocenters. The van der Waals surface area contributed by atoms with Crippen LogP contribution in [0.25, 0.3) is 0 Å². The minimum absolute atomic E-state index is 0.0683. The fourth-order valence-electron chi connectivity index (χ4n) is 3.07. The predicted octanol–water partition coefficient (Wildman–Crippen LogP) is 6.34. The van der Waals surface area contributed by atoms with Gasteiger partial charge in [-0.3, -0.25) is 0 Å². The van der Waals surface area contributed by atoms with Crippen LogP contribution in [0.3, 0.4) is 0 Å². The summed E-state index contributed by atoms with van der Waals surface area (Å²) >= 11 is 8.00. The minimum atomic E-state index is 0.0683. The molecule has 0 bridgehead atoms. The molecule has 3 rings (SSSR count). The van der Waals surface area contributed by atoms with Gasteiger partial charge in [-0.2, -0.15) is 0 Å². The summed E-state index contributed by atoms with van der Waals surface area (Å²) in [5.41, 5.74) is 3.97. The second kappa shape index (κ2) is 8.32. The molecule has 1 atom stereocenters. The quantitative estimate of drug-likeness (QED) is 0.442. The maximum Gasteiger partial charge on any atom is 0.0946 e. The average Bonchev–Trinajstić information content (AvgIpc) is 3.10. The molecule has 3 aromatic rings. The van der Waals surface area contributed by atoms with Gasteiger partial charge in [-0.15, -0.1) is 11.8 Å². The van der Waals surface area contributed by atoms with E-state index in [1.165, 1.54) is 21.6 Å². The number of aromatic nitrogens is 2. The molecule has 1 aromatic heterocycles. The summed E-state index contributed by atoms with van der Waals surface area (Å²) in [5.74, 6) is 0. The van der Waals surface area contributed by atoms with Crippen molar-refractivity contribution < 1.29 is 0 Å². The minimum Gasteiger partial charge on any atom is -0.336 e. The zero-order valence-corrected chi connectivity index (χ0v) is 17.1. The zero-order chi connectivity index (χ0) is 18.6. The smallest absolute Gasteiger partial charge is 0.0946 e. The molecular formula is C22H25ClN2S. The van der Waals surface area contributed by atoms with E-state index in [1.807, 2.05) is 42.6 Å². The van der Waals surface area contributed by atoms with Gasteiger partial charge in [0.15, 0.2) is 0 Å². The van der Waals surface area contributed by atoms with E-state index < -0.39 is 0 Å². The van der Waals surface area contributed by atoms with E-state index in [1.54, 1.807) is 0 Å². The van der Waals surface area contributed by atoms with Gasteiger partial charge in [-0.05, 0) is 62.9 Å². The second-order valence-corrected chi connectivity index (χ2v) is 9.25. The molecule has 0 spiro atoms. The lowest BCUT2D eigenvalue weighted by Crippen LogP contribution is -2.27. The maximum absolute atomic E-state index is 6.02. The van der Waals surface area contributed by atoms with Crippen LogP contribution in [0.2, 0.25) is 5.02 Å². The van der Waals surface area contributed by atoms with Crippen molar-refractivity contribution in [1.82, 2.24) is 9.55 Å². The van der Waals surface area contributed by atoms with Gasteiger partial charge in [0.25, 0.3) is 0 Å². The number of thioether (sulfide) groups is 1. The Hall–Kier alpha value is -1.71. The Balaban J connectivity index is 1.81. The number of nitrogens with zero attached hydrogens (tertiary/aromatic N) is 2. The first kappa shape index (κ1) is 19.1. The van der Waals surface area contributed by atoms with E-state index in [-0.39, 0.29) is 4.75 Å². The Morgan fingerprint density at radius 2 is 1.88 bits per heavy atom. The van der Waals surface area contributed by atoms with E-state index in [0.717, 1.165) is 24.4 Å². The molecule has 0 amide bonds. The Morgan fingerprint density at radius 1 is 1.12 bits per heavy atom. The average molecular weight is 385 g/mol. The summed E-state index contributed by atoms with van der Waals surface area (Å²) in [6, 6.07) is 14.9. The largest absolute Gasteiger partial charge is 0.336 e. The SMILES string of the molecule is Cc1ccc(C)c(SC(C)(CCc2ccc(Cl)cc2)Cn2ccnc2)c1. The number of rotatable bonds is 7. The molecule has 0 saturated heterocycles. The molecule has 2 aromatic carbocycles. The molecule has 0 aliphatic carbocycles. The fraction of sp³-hybridized carbons (Fsp3) is 0.318. The molecule has 0 N–H and O–H groups in total. The molecule has 2 nitrogen and oxygen atoms in total. The maximum atomic E-state index is 6.02. The van der Waals surface area contributed by atoms with Crippen LogP contribution in [0.5, 0.6) is 0 Å². The van der Waals surface area contributed by atoms with Gasteiger partial charge in [0.1, 0.15) is 0 Å². The van der Waals surface area contributed by atoms with Crippen LogP contribution in [0.1, 0.15) is 30.0 Å². The van der Waals surface area contributed by atoms with Crippen molar-refractivity contribution in [2.24, 2.45) is 0 Å². The Kier molecular flexibility index (Phi) is 6.10. The number of halogens is 1. The molecule has 1 heterocycles. The first-order chi connectivity index (χ1) is 12.4. The Labute approximate surface area is 165 Å². The lowest BCUT2D eigenvalue weighted by Gasteiger charge is -2.30. The van der Waals surface area contributed by atoms with Crippen molar-refractivity contribution in [3.05, 3.63) is 82.9 Å². The highest BCUT2D eigenvalue weighted by molar-refractivity contribution is 8.00. The van der Waals surface area contributed by atoms with Crippen LogP contribution in [0.4, 0.5) is 0 Å². The summed E-state index contributed by atoms with van der Waals surface area (Å²) in [7, 11) is 0. The van der Waals surface area contributed by atoms with Crippen LogP contribution in [0, 0.1) is 13.8 Å². The number of hydrogen-bond acceptors (Lipinski definition) is 2. The van der Waals surface area contributed by atoms with Gasteiger partial charge in [0, 0.05) is 33.6 Å². The highest BCUT2D eigenvalue weighted by Crippen LogP contribution is 2.39. The molecule has 4 heteroatoms. The van der Waals surface area contributed by atoms with Crippen molar-refractivity contribution >= 4 is 23.4 Å². The van der Waals surface area contributed by atoms with Crippen LogP contribution < -0.4 is 0 Å². The summed E-state index contributed by atoms with van der Waals surface area (Å²) in [5, 5.41) is 0.791. The summed E-state index contributed by atoms with van der Waals surface area (Å²) in [6.07, 6.45) is 7.90. The lowest BCUT2D eigenvalue weighted by molar-refractivity contribution is 0.495. The van der Waals surface area contributed by atoms with Crippen LogP contribution in [0.15, 0.2) is 66.1 Å². The van der Waals surface area contributed by atoms with E-state index in [4.69, 9.17) is 11.6 Å². The van der Waals surface area contributed by atoms with E-state index in [9.17, 15) is 0 Å². The van der Waals surface area contributed by atoms with Crippen molar-refractivity contribution in [3.63, 3.8) is 0 Å². The normalized spacial score (nSPS) is 13.5. The summed E-state index contributed by atoms with van der Waals surface area (Å²) in [4.78, 5) is 5.58. The third kappa shape index (κ3) is 5.15. The molecule has 0 aliphatic heterocycles. The van der Waals surface area contributed by atoms with Gasteiger partial charge < -0.3 is 4.57 Å². The van der Waals surface area contributed by atoms with E-state index >= 15 is 0 Å². The highest BCUT2D eigenvalue weighted by atomic mass is 35.5. The first-order valence-corrected chi connectivity index (χ1v) is 10.1. The van der Waals surface area contributed by atoms with Crippen molar-refractivity contribution in [2.45, 2.75) is 49.8 Å². The highest BCUT2D eigenvalue weighted by Gasteiger charge is 2.27. The summed E-state index contributed by atoms with van der Waals surface area (Å²) in [6.45, 7) is 7.64. The molecule has 0 fully saturated rings. The Morgan fingerprint density at radius 3 is 2.58 bits per heavy atom. The van der Waals surface area contributed by atoms with E-state index in [2.05, 4.69) is 60.7 Å². The molecule has 136 valence electrons. The molecule has 26 heavy (non-hydrogen) atoms. The lowest BCUT2D eigenvalue weighted by atomic mass is 10.00. The topological polar surface area (TPSA) is 17.8 Å². The third-order valence-corrected chi connectivity index (χ3v) is 6.37. The van der Waals surface area contributed by atoms with Gasteiger partial charge in [-0.25, -0.2) is 4.98 Å². The zero-order valence-electron chi connectivity index (χ0n) is 15.6. The fourth-order valence-corrected chi connectivity index (χ4v) is 4.62. The third-order valence-electron chi connectivity index (χ3n) is 4.63.